The van der Waals surface area contributed by atoms with E-state index in [0.717, 1.165) is 31.5 Å². The summed E-state index contributed by atoms with van der Waals surface area (Å²) in [5.74, 6) is -0.383. The van der Waals surface area contributed by atoms with Gasteiger partial charge in [-0.3, -0.25) is 9.59 Å². The van der Waals surface area contributed by atoms with Crippen LogP contribution in [0.25, 0.3) is 0 Å². The lowest BCUT2D eigenvalue weighted by atomic mass is 10.0. The highest BCUT2D eigenvalue weighted by Gasteiger charge is 2.28. The molecule has 5 nitrogen and oxygen atoms in total. The predicted octanol–water partition coefficient (Wildman–Crippen LogP) is 2.52. The van der Waals surface area contributed by atoms with E-state index in [2.05, 4.69) is 5.32 Å². The van der Waals surface area contributed by atoms with Crippen LogP contribution in [-0.4, -0.2) is 35.8 Å². The molecule has 0 unspecified atom stereocenters. The van der Waals surface area contributed by atoms with Gasteiger partial charge in [0.2, 0.25) is 5.91 Å². The number of nitrogens with one attached hydrogen (secondary N) is 1. The molecule has 0 spiro atoms. The van der Waals surface area contributed by atoms with Crippen LogP contribution in [0.1, 0.15) is 34.3 Å². The first kappa shape index (κ1) is 17.7. The molecule has 1 N–H and O–H groups in total. The highest BCUT2D eigenvalue weighted by Crippen LogP contribution is 2.13. The lowest BCUT2D eigenvalue weighted by Gasteiger charge is -2.24. The van der Waals surface area contributed by atoms with Gasteiger partial charge in [-0.25, -0.2) is 0 Å². The number of amides is 2. The van der Waals surface area contributed by atoms with E-state index in [-0.39, 0.29) is 11.8 Å². The quantitative estimate of drug-likeness (QED) is 0.903. The first-order valence-electron chi connectivity index (χ1n) is 8.81. The SMILES string of the molecule is N#Cc1cccc(C(=O)N[C@H](Cc2ccccc2)C(=O)N2CCCC2)c1. The molecule has 1 atom stereocenters. The fraction of sp³-hybridized carbons (Fsp3) is 0.286. The molecular weight excluding hydrogens is 326 g/mol. The van der Waals surface area contributed by atoms with Crippen molar-refractivity contribution in [3.8, 4) is 6.07 Å². The van der Waals surface area contributed by atoms with Crippen molar-refractivity contribution in [1.82, 2.24) is 10.2 Å². The minimum atomic E-state index is -0.617. The van der Waals surface area contributed by atoms with Gasteiger partial charge in [-0.15, -0.1) is 0 Å². The minimum Gasteiger partial charge on any atom is -0.341 e. The first-order valence-corrected chi connectivity index (χ1v) is 8.81. The summed E-state index contributed by atoms with van der Waals surface area (Å²) in [6.07, 6.45) is 2.45. The molecule has 26 heavy (non-hydrogen) atoms. The third-order valence-corrected chi connectivity index (χ3v) is 4.56. The van der Waals surface area contributed by atoms with Crippen LogP contribution in [0.15, 0.2) is 54.6 Å². The van der Waals surface area contributed by atoms with Crippen LogP contribution in [0, 0.1) is 11.3 Å². The number of rotatable bonds is 5. The van der Waals surface area contributed by atoms with Crippen LogP contribution in [0.5, 0.6) is 0 Å². The fourth-order valence-electron chi connectivity index (χ4n) is 3.18. The molecule has 0 aromatic heterocycles. The summed E-state index contributed by atoms with van der Waals surface area (Å²) in [6, 6.07) is 17.6. The third-order valence-electron chi connectivity index (χ3n) is 4.56. The summed E-state index contributed by atoms with van der Waals surface area (Å²) in [5, 5.41) is 11.9. The van der Waals surface area contributed by atoms with Gasteiger partial charge in [0.1, 0.15) is 6.04 Å². The summed E-state index contributed by atoms with van der Waals surface area (Å²) >= 11 is 0. The van der Waals surface area contributed by atoms with Crippen molar-refractivity contribution < 1.29 is 9.59 Å². The van der Waals surface area contributed by atoms with Gasteiger partial charge in [0.25, 0.3) is 5.91 Å². The number of nitrogens with zero attached hydrogens (tertiary/aromatic N) is 2. The molecule has 1 aliphatic rings. The maximum atomic E-state index is 12.9. The van der Waals surface area contributed by atoms with Crippen molar-refractivity contribution >= 4 is 11.8 Å². The molecular formula is C21H21N3O2. The molecule has 2 aromatic carbocycles. The van der Waals surface area contributed by atoms with Gasteiger partial charge in [-0.2, -0.15) is 5.26 Å². The summed E-state index contributed by atoms with van der Waals surface area (Å²) in [6.45, 7) is 1.48. The van der Waals surface area contributed by atoms with Crippen molar-refractivity contribution in [3.63, 3.8) is 0 Å². The number of hydrogen-bond donors (Lipinski definition) is 1. The average molecular weight is 347 g/mol. The number of hydrogen-bond acceptors (Lipinski definition) is 3. The molecule has 1 fully saturated rings. The van der Waals surface area contributed by atoms with E-state index in [1.165, 1.54) is 6.07 Å². The van der Waals surface area contributed by atoms with Gasteiger partial charge >= 0.3 is 0 Å². The largest absolute Gasteiger partial charge is 0.341 e. The minimum absolute atomic E-state index is 0.0452. The zero-order chi connectivity index (χ0) is 18.4. The van der Waals surface area contributed by atoms with E-state index in [9.17, 15) is 9.59 Å². The standard InChI is InChI=1S/C21H21N3O2/c22-15-17-9-6-10-18(13-17)20(25)23-19(14-16-7-2-1-3-8-16)21(26)24-11-4-5-12-24/h1-3,6-10,13,19H,4-5,11-12,14H2,(H,23,25)/t19-/m1/s1. The van der Waals surface area contributed by atoms with Crippen molar-refractivity contribution in [1.29, 1.82) is 5.26 Å². The zero-order valence-electron chi connectivity index (χ0n) is 14.5. The Hall–Kier alpha value is -3.13. The number of likely N-dealkylation sites (tertiary alicyclic amines) is 1. The van der Waals surface area contributed by atoms with Gasteiger partial charge in [0.15, 0.2) is 0 Å². The van der Waals surface area contributed by atoms with Crippen LogP contribution < -0.4 is 5.32 Å². The molecule has 132 valence electrons. The van der Waals surface area contributed by atoms with Crippen LogP contribution in [0.3, 0.4) is 0 Å². The third kappa shape index (κ3) is 4.28. The summed E-state index contributed by atoms with van der Waals surface area (Å²) in [7, 11) is 0. The van der Waals surface area contributed by atoms with E-state index in [1.807, 2.05) is 41.3 Å². The summed E-state index contributed by atoms with van der Waals surface area (Å²) < 4.78 is 0. The molecule has 1 saturated heterocycles. The Kier molecular flexibility index (Phi) is 5.65. The molecule has 5 heteroatoms. The van der Waals surface area contributed by atoms with E-state index in [0.29, 0.717) is 17.5 Å². The molecule has 1 aliphatic heterocycles. The molecule has 0 aliphatic carbocycles. The maximum Gasteiger partial charge on any atom is 0.251 e. The van der Waals surface area contributed by atoms with Gasteiger partial charge in [0.05, 0.1) is 11.6 Å². The summed E-state index contributed by atoms with van der Waals surface area (Å²) in [5.41, 5.74) is 1.80. The fourth-order valence-corrected chi connectivity index (χ4v) is 3.18. The van der Waals surface area contributed by atoms with Gasteiger partial charge < -0.3 is 10.2 Å². The predicted molar refractivity (Wildman–Crippen MR) is 98.4 cm³/mol. The highest BCUT2D eigenvalue weighted by molar-refractivity contribution is 5.97. The van der Waals surface area contributed by atoms with Gasteiger partial charge in [-0.1, -0.05) is 36.4 Å². The Balaban J connectivity index is 1.79. The molecule has 1 heterocycles. The van der Waals surface area contributed by atoms with Crippen LogP contribution in [0.4, 0.5) is 0 Å². The smallest absolute Gasteiger partial charge is 0.251 e. The van der Waals surface area contributed by atoms with Crippen LogP contribution in [-0.2, 0) is 11.2 Å². The highest BCUT2D eigenvalue weighted by atomic mass is 16.2. The van der Waals surface area contributed by atoms with E-state index in [4.69, 9.17) is 5.26 Å². The molecule has 2 amide bonds. The second-order valence-electron chi connectivity index (χ2n) is 6.44. The number of benzene rings is 2. The number of carbonyl (C=O) groups is 2. The van der Waals surface area contributed by atoms with Gasteiger partial charge in [-0.05, 0) is 36.6 Å². The molecule has 0 bridgehead atoms. The van der Waals surface area contributed by atoms with Crippen molar-refractivity contribution in [2.75, 3.05) is 13.1 Å². The monoisotopic (exact) mass is 347 g/mol. The molecule has 0 saturated carbocycles. The molecule has 0 radical (unpaired) electrons. The Bertz CT molecular complexity index is 821. The Labute approximate surface area is 153 Å². The van der Waals surface area contributed by atoms with E-state index < -0.39 is 6.04 Å². The lowest BCUT2D eigenvalue weighted by molar-refractivity contribution is -0.132. The summed E-state index contributed by atoms with van der Waals surface area (Å²) in [4.78, 5) is 27.4. The number of carbonyl (C=O) groups excluding carboxylic acids is 2. The first-order chi connectivity index (χ1) is 12.7. The normalized spacial score (nSPS) is 14.5. The van der Waals surface area contributed by atoms with Crippen molar-refractivity contribution in [2.45, 2.75) is 25.3 Å². The average Bonchev–Trinajstić information content (AvgIpc) is 3.22. The lowest BCUT2D eigenvalue weighted by Crippen LogP contribution is -2.49. The Morgan fingerprint density at radius 3 is 2.50 bits per heavy atom. The second kappa shape index (κ2) is 8.30. The van der Waals surface area contributed by atoms with Crippen LogP contribution >= 0.6 is 0 Å². The van der Waals surface area contributed by atoms with E-state index >= 15 is 0 Å². The molecule has 3 rings (SSSR count). The van der Waals surface area contributed by atoms with Crippen molar-refractivity contribution in [3.05, 3.63) is 71.3 Å². The number of nitriles is 1. The molecule has 2 aromatic rings. The van der Waals surface area contributed by atoms with Gasteiger partial charge in [0, 0.05) is 25.1 Å². The van der Waals surface area contributed by atoms with E-state index in [1.54, 1.807) is 18.2 Å². The van der Waals surface area contributed by atoms with Crippen LogP contribution in [0.2, 0.25) is 0 Å². The Morgan fingerprint density at radius 1 is 1.08 bits per heavy atom. The topological polar surface area (TPSA) is 73.2 Å². The maximum absolute atomic E-state index is 12.9. The van der Waals surface area contributed by atoms with Crippen molar-refractivity contribution in [2.24, 2.45) is 0 Å². The Morgan fingerprint density at radius 2 is 1.81 bits per heavy atom. The zero-order valence-corrected chi connectivity index (χ0v) is 14.5. The second-order valence-corrected chi connectivity index (χ2v) is 6.44.